The summed E-state index contributed by atoms with van der Waals surface area (Å²) in [5.41, 5.74) is 0. The Morgan fingerprint density at radius 2 is 0.889 bits per heavy atom. The van der Waals surface area contributed by atoms with E-state index in [1.807, 2.05) is 0 Å². The monoisotopic (exact) mass is 882 g/mol. The molecule has 0 aliphatic rings. The molecule has 8 nitrogen and oxygen atoms in total. The van der Waals surface area contributed by atoms with Crippen molar-refractivity contribution in [1.82, 2.24) is 0 Å². The molecule has 0 heterocycles. The van der Waals surface area contributed by atoms with Gasteiger partial charge in [-0.1, -0.05) is 177 Å². The molecule has 0 amide bonds. The van der Waals surface area contributed by atoms with E-state index in [1.54, 1.807) is 21.1 Å². The predicted molar refractivity (Wildman–Crippen MR) is 263 cm³/mol. The van der Waals surface area contributed by atoms with Gasteiger partial charge in [-0.05, 0) is 83.5 Å². The van der Waals surface area contributed by atoms with Gasteiger partial charge in [-0.3, -0.25) is 9.59 Å². The van der Waals surface area contributed by atoms with E-state index < -0.39 is 18.1 Å². The summed E-state index contributed by atoms with van der Waals surface area (Å²) >= 11 is 0. The van der Waals surface area contributed by atoms with Crippen LogP contribution in [-0.4, -0.2) is 75.5 Å². The Morgan fingerprint density at radius 1 is 0.492 bits per heavy atom. The van der Waals surface area contributed by atoms with E-state index in [9.17, 15) is 19.5 Å². The van der Waals surface area contributed by atoms with Crippen molar-refractivity contribution in [2.24, 2.45) is 0 Å². The number of carboxylic acids is 1. The molecule has 0 N–H and O–H groups in total. The highest BCUT2D eigenvalue weighted by atomic mass is 16.6. The van der Waals surface area contributed by atoms with Gasteiger partial charge in [-0.25, -0.2) is 0 Å². The van der Waals surface area contributed by atoms with Crippen LogP contribution in [0.25, 0.3) is 0 Å². The van der Waals surface area contributed by atoms with Crippen LogP contribution in [0.4, 0.5) is 0 Å². The Bertz CT molecular complexity index is 1260. The van der Waals surface area contributed by atoms with Crippen molar-refractivity contribution in [3.63, 3.8) is 0 Å². The SMILES string of the molecule is CC/C=C/C/C=C/C/C=C/C/C=C/C/C=C/CCCCCCCCCC(=O)OCC(COCCC(C(=O)[O-])[N+](C)(C)C)OC(=O)CCCCCCC/C=C/CCCCCCCCC. The first-order chi connectivity index (χ1) is 30.6. The molecule has 8 heteroatoms. The number of likely N-dealkylation sites (N-methyl/N-ethyl adjacent to an activating group) is 1. The predicted octanol–water partition coefficient (Wildman–Crippen LogP) is 13.4. The molecule has 362 valence electrons. The van der Waals surface area contributed by atoms with Crippen molar-refractivity contribution in [2.75, 3.05) is 41.0 Å². The Kier molecular flexibility index (Phi) is 43.0. The molecule has 0 fully saturated rings. The van der Waals surface area contributed by atoms with Crippen LogP contribution in [0.15, 0.2) is 72.9 Å². The van der Waals surface area contributed by atoms with Crippen LogP contribution in [0.2, 0.25) is 0 Å². The smallest absolute Gasteiger partial charge is 0.306 e. The molecule has 2 atom stereocenters. The molecule has 0 aliphatic heterocycles. The molecule has 63 heavy (non-hydrogen) atoms. The molecule has 0 aromatic heterocycles. The highest BCUT2D eigenvalue weighted by Crippen LogP contribution is 2.14. The van der Waals surface area contributed by atoms with Gasteiger partial charge in [0.15, 0.2) is 6.10 Å². The fourth-order valence-corrected chi connectivity index (χ4v) is 7.15. The first-order valence-electron chi connectivity index (χ1n) is 25.5. The third kappa shape index (κ3) is 43.8. The summed E-state index contributed by atoms with van der Waals surface area (Å²) in [5.74, 6) is -1.76. The van der Waals surface area contributed by atoms with Gasteiger partial charge in [0, 0.05) is 19.3 Å². The number of aliphatic carboxylic acids is 1. The lowest BCUT2D eigenvalue weighted by Gasteiger charge is -2.34. The summed E-state index contributed by atoms with van der Waals surface area (Å²) in [4.78, 5) is 37.0. The molecular formula is C55H95NO7. The maximum absolute atomic E-state index is 12.8. The summed E-state index contributed by atoms with van der Waals surface area (Å²) < 4.78 is 17.2. The van der Waals surface area contributed by atoms with Crippen LogP contribution in [-0.2, 0) is 28.6 Å². The Balaban J connectivity index is 4.28. The lowest BCUT2D eigenvalue weighted by Crippen LogP contribution is -2.55. The van der Waals surface area contributed by atoms with Crippen LogP contribution in [0.1, 0.15) is 206 Å². The van der Waals surface area contributed by atoms with Crippen molar-refractivity contribution in [1.29, 1.82) is 0 Å². The molecule has 0 spiro atoms. The first-order valence-corrected chi connectivity index (χ1v) is 25.5. The lowest BCUT2D eigenvalue weighted by atomic mass is 10.1. The maximum atomic E-state index is 12.8. The second-order valence-corrected chi connectivity index (χ2v) is 18.0. The molecule has 0 rings (SSSR count). The van der Waals surface area contributed by atoms with Crippen molar-refractivity contribution < 1.29 is 38.2 Å². The minimum atomic E-state index is -1.13. The molecule has 0 aromatic rings. The third-order valence-electron chi connectivity index (χ3n) is 11.1. The number of quaternary nitrogens is 1. The van der Waals surface area contributed by atoms with E-state index in [0.717, 1.165) is 89.9 Å². The summed E-state index contributed by atoms with van der Waals surface area (Å²) in [7, 11) is 5.40. The molecule has 2 unspecified atom stereocenters. The van der Waals surface area contributed by atoms with Gasteiger partial charge < -0.3 is 28.6 Å². The van der Waals surface area contributed by atoms with Crippen LogP contribution in [0.3, 0.4) is 0 Å². The van der Waals surface area contributed by atoms with Crippen LogP contribution < -0.4 is 5.11 Å². The van der Waals surface area contributed by atoms with Gasteiger partial charge in [-0.2, -0.15) is 0 Å². The highest BCUT2D eigenvalue weighted by Gasteiger charge is 2.25. The number of hydrogen-bond donors (Lipinski definition) is 0. The topological polar surface area (TPSA) is 102 Å². The fourth-order valence-electron chi connectivity index (χ4n) is 7.15. The Hall–Kier alpha value is -3.23. The number of hydrogen-bond acceptors (Lipinski definition) is 7. The van der Waals surface area contributed by atoms with E-state index in [2.05, 4.69) is 86.8 Å². The van der Waals surface area contributed by atoms with Gasteiger partial charge in [0.25, 0.3) is 0 Å². The van der Waals surface area contributed by atoms with E-state index in [1.165, 1.54) is 83.5 Å². The number of unbranched alkanes of at least 4 members (excludes halogenated alkanes) is 19. The van der Waals surface area contributed by atoms with E-state index in [0.29, 0.717) is 12.8 Å². The second-order valence-electron chi connectivity index (χ2n) is 18.0. The van der Waals surface area contributed by atoms with Gasteiger partial charge in [0.05, 0.1) is 40.3 Å². The Labute approximate surface area is 387 Å². The number of esters is 2. The minimum Gasteiger partial charge on any atom is -0.544 e. The average Bonchev–Trinajstić information content (AvgIpc) is 3.24. The maximum Gasteiger partial charge on any atom is 0.306 e. The normalized spacial score (nSPS) is 13.5. The zero-order chi connectivity index (χ0) is 46.3. The molecule has 0 saturated carbocycles. The lowest BCUT2D eigenvalue weighted by molar-refractivity contribution is -0.889. The van der Waals surface area contributed by atoms with E-state index in [-0.39, 0.29) is 42.7 Å². The van der Waals surface area contributed by atoms with E-state index >= 15 is 0 Å². The van der Waals surface area contributed by atoms with Gasteiger partial charge in [0.2, 0.25) is 0 Å². The number of nitrogens with zero attached hydrogens (tertiary/aromatic N) is 1. The van der Waals surface area contributed by atoms with Crippen LogP contribution in [0, 0.1) is 0 Å². The van der Waals surface area contributed by atoms with Crippen LogP contribution in [0.5, 0.6) is 0 Å². The largest absolute Gasteiger partial charge is 0.544 e. The molecule has 0 aromatic carbocycles. The number of rotatable bonds is 45. The third-order valence-corrected chi connectivity index (χ3v) is 11.1. The standard InChI is InChI=1S/C55H95NO7/c1-6-8-10-12-14-16-18-20-22-24-25-26-27-28-29-30-32-33-35-37-39-41-43-45-53(57)62-50-51(49-61-48-47-52(55(59)60)56(3,4)5)63-54(58)46-44-42-40-38-36-34-31-23-21-19-17-15-13-11-9-7-2/h8,10,14,16,20,22-23,25-26,28-29,31,51-52H,6-7,9,11-13,15,17-19,21,24,27,30,32-50H2,1-5H3/b10-8+,16-14+,22-20+,26-25+,29-28+,31-23+. The number of carboxylic acid groups (broad SMARTS) is 1. The average molecular weight is 882 g/mol. The van der Waals surface area contributed by atoms with Crippen molar-refractivity contribution >= 4 is 17.9 Å². The fraction of sp³-hybridized carbons (Fsp3) is 0.727. The van der Waals surface area contributed by atoms with Crippen molar-refractivity contribution in [3.8, 4) is 0 Å². The van der Waals surface area contributed by atoms with Crippen LogP contribution >= 0.6 is 0 Å². The summed E-state index contributed by atoms with van der Waals surface area (Å²) in [6, 6.07) is -0.732. The second kappa shape index (κ2) is 45.3. The van der Waals surface area contributed by atoms with Gasteiger partial charge >= 0.3 is 11.9 Å². The molecule has 0 bridgehead atoms. The molecule has 0 saturated heterocycles. The summed E-state index contributed by atoms with van der Waals surface area (Å²) in [6.07, 6.45) is 57.8. The van der Waals surface area contributed by atoms with Crippen molar-refractivity contribution in [3.05, 3.63) is 72.9 Å². The number of carbonyl (C=O) groups is 3. The zero-order valence-electron chi connectivity index (χ0n) is 41.2. The molecule has 0 aliphatic carbocycles. The first kappa shape index (κ1) is 59.8. The van der Waals surface area contributed by atoms with Crippen molar-refractivity contribution in [2.45, 2.75) is 219 Å². The molecule has 0 radical (unpaired) electrons. The van der Waals surface area contributed by atoms with Gasteiger partial charge in [-0.15, -0.1) is 0 Å². The number of carbonyl (C=O) groups excluding carboxylic acids is 3. The number of allylic oxidation sites excluding steroid dienone is 12. The minimum absolute atomic E-state index is 0.0312. The highest BCUT2D eigenvalue weighted by molar-refractivity contribution is 5.70. The quantitative estimate of drug-likeness (QED) is 0.0260. The van der Waals surface area contributed by atoms with E-state index in [4.69, 9.17) is 14.2 Å². The summed E-state index contributed by atoms with van der Waals surface area (Å²) in [5, 5.41) is 11.7. The Morgan fingerprint density at radius 3 is 1.33 bits per heavy atom. The van der Waals surface area contributed by atoms with Gasteiger partial charge in [0.1, 0.15) is 12.6 Å². The zero-order valence-corrected chi connectivity index (χ0v) is 41.2. The summed E-state index contributed by atoms with van der Waals surface area (Å²) in [6.45, 7) is 4.53. The number of ether oxygens (including phenoxy) is 3. The molecular weight excluding hydrogens is 787 g/mol.